The fourth-order valence-electron chi connectivity index (χ4n) is 7.34. The van der Waals surface area contributed by atoms with Crippen LogP contribution in [-0.2, 0) is 39.8 Å². The second kappa shape index (κ2) is 26.0. The van der Waals surface area contributed by atoms with Crippen LogP contribution in [0.25, 0.3) is 0 Å². The molecule has 13 heteroatoms. The van der Waals surface area contributed by atoms with Crippen LogP contribution in [0.15, 0.2) is 36.4 Å². The number of hydrogen-bond acceptors (Lipinski definition) is 10. The lowest BCUT2D eigenvalue weighted by molar-refractivity contribution is -0.139. The van der Waals surface area contributed by atoms with Crippen LogP contribution in [0.1, 0.15) is 108 Å². The Balaban J connectivity index is 1.31. The summed E-state index contributed by atoms with van der Waals surface area (Å²) in [7, 11) is 0. The number of thioether (sulfide) groups is 1. The lowest BCUT2D eigenvalue weighted by atomic mass is 9.79. The van der Waals surface area contributed by atoms with E-state index in [1.807, 2.05) is 44.2 Å². The number of carbonyl (C=O) groups is 3. The van der Waals surface area contributed by atoms with Gasteiger partial charge in [-0.25, -0.2) is 0 Å². The number of hydrogen-bond donors (Lipinski definition) is 5. The molecule has 0 saturated carbocycles. The van der Waals surface area contributed by atoms with Gasteiger partial charge in [0.05, 0.1) is 57.7 Å². The minimum Gasteiger partial charge on any atom is -0.379 e. The topological polar surface area (TPSA) is 148 Å². The van der Waals surface area contributed by atoms with Gasteiger partial charge in [-0.05, 0) is 95.5 Å². The first-order valence-electron chi connectivity index (χ1n) is 20.8. The third-order valence-corrected chi connectivity index (χ3v) is 10.8. The van der Waals surface area contributed by atoms with Crippen LogP contribution in [0.3, 0.4) is 0 Å². The molecule has 2 aromatic rings. The van der Waals surface area contributed by atoms with Crippen molar-refractivity contribution in [2.24, 2.45) is 0 Å². The number of carbonyl (C=O) groups excluding carboxylic acids is 3. The normalized spacial score (nSPS) is 14.9. The number of rotatable bonds is 27. The van der Waals surface area contributed by atoms with Crippen molar-refractivity contribution in [3.63, 3.8) is 0 Å². The minimum absolute atomic E-state index is 0.0702. The van der Waals surface area contributed by atoms with Gasteiger partial charge >= 0.3 is 11.8 Å². The second-order valence-corrected chi connectivity index (χ2v) is 17.3. The number of benzene rings is 2. The highest BCUT2D eigenvalue weighted by Gasteiger charge is 2.38. The number of amides is 3. The summed E-state index contributed by atoms with van der Waals surface area (Å²) >= 11 is 1.52. The van der Waals surface area contributed by atoms with E-state index in [9.17, 15) is 14.4 Å². The van der Waals surface area contributed by atoms with Crippen molar-refractivity contribution in [3.05, 3.63) is 58.7 Å². The average molecular weight is 814 g/mol. The predicted molar refractivity (Wildman–Crippen MR) is 232 cm³/mol. The molecule has 1 aliphatic rings. The molecule has 0 aliphatic carbocycles. The van der Waals surface area contributed by atoms with E-state index in [1.54, 1.807) is 0 Å². The maximum atomic E-state index is 12.9. The van der Waals surface area contributed by atoms with Crippen molar-refractivity contribution >= 4 is 40.9 Å². The molecule has 1 saturated heterocycles. The molecule has 1 aliphatic heterocycles. The Hall–Kier alpha value is -3.20. The first-order valence-corrected chi connectivity index (χ1v) is 22.0. The molecule has 0 unspecified atom stereocenters. The number of nitrogens with one attached hydrogen (secondary N) is 5. The second-order valence-electron chi connectivity index (χ2n) is 16.2. The van der Waals surface area contributed by atoms with E-state index in [-0.39, 0.29) is 23.0 Å². The molecule has 1 heterocycles. The summed E-state index contributed by atoms with van der Waals surface area (Å²) < 4.78 is 22.4. The van der Waals surface area contributed by atoms with Gasteiger partial charge in [0, 0.05) is 35.2 Å². The molecule has 1 fully saturated rings. The smallest absolute Gasteiger partial charge is 0.327 e. The van der Waals surface area contributed by atoms with Gasteiger partial charge in [-0.1, -0.05) is 69.4 Å². The van der Waals surface area contributed by atoms with Crippen molar-refractivity contribution < 1.29 is 33.3 Å². The molecule has 0 bridgehead atoms. The van der Waals surface area contributed by atoms with Crippen molar-refractivity contribution in [2.45, 2.75) is 123 Å². The Labute approximate surface area is 346 Å². The third-order valence-electron chi connectivity index (χ3n) is 9.85. The Kier molecular flexibility index (Phi) is 22.0. The van der Waals surface area contributed by atoms with E-state index >= 15 is 0 Å². The number of para-hydroxylation sites is 1. The SMILES string of the molecule is CCCCCCCCOCCOCCOCCOCCSCC(=O)Nc1c(C)ccc(Cc2ccccc2NNC(=O)C(=O)NC2CC(C)(C)NC(C)(C)C2)c1C. The zero-order valence-corrected chi connectivity index (χ0v) is 36.6. The maximum absolute atomic E-state index is 12.9. The number of unbranched alkanes of at least 4 members (excludes halogenated alkanes) is 5. The number of ether oxygens (including phenoxy) is 4. The van der Waals surface area contributed by atoms with Gasteiger partial charge in [0.15, 0.2) is 0 Å². The van der Waals surface area contributed by atoms with Gasteiger partial charge in [0.25, 0.3) is 0 Å². The molecule has 3 amide bonds. The van der Waals surface area contributed by atoms with Gasteiger partial charge in [-0.2, -0.15) is 0 Å². The van der Waals surface area contributed by atoms with Gasteiger partial charge < -0.3 is 34.9 Å². The Morgan fingerprint density at radius 1 is 0.737 bits per heavy atom. The summed E-state index contributed by atoms with van der Waals surface area (Å²) in [4.78, 5) is 38.6. The van der Waals surface area contributed by atoms with E-state index < -0.39 is 11.8 Å². The quantitative estimate of drug-likeness (QED) is 0.0368. The van der Waals surface area contributed by atoms with Gasteiger partial charge in [0.2, 0.25) is 5.91 Å². The standard InChI is InChI=1S/C44H71N5O7S/c1-8-9-10-11-12-15-20-53-21-22-54-23-24-55-25-26-56-27-28-57-32-39(50)46-40-33(2)18-19-35(34(40)3)29-36-16-13-14-17-38(36)47-48-42(52)41(51)45-37-30-43(4,5)49-44(6,7)31-37/h13-14,16-19,37,47,49H,8-12,15,20-32H2,1-7H3,(H,45,51)(H,46,50)(H,48,52). The lowest BCUT2D eigenvalue weighted by Crippen LogP contribution is -2.63. The Morgan fingerprint density at radius 2 is 1.33 bits per heavy atom. The molecule has 320 valence electrons. The average Bonchev–Trinajstić information content (AvgIpc) is 3.15. The molecule has 0 radical (unpaired) electrons. The van der Waals surface area contributed by atoms with Crippen LogP contribution in [0.4, 0.5) is 11.4 Å². The van der Waals surface area contributed by atoms with Crippen molar-refractivity contribution in [1.29, 1.82) is 0 Å². The number of piperidine rings is 1. The summed E-state index contributed by atoms with van der Waals surface area (Å²) in [6.07, 6.45) is 9.59. The van der Waals surface area contributed by atoms with Crippen molar-refractivity contribution in [3.8, 4) is 0 Å². The number of anilines is 2. The van der Waals surface area contributed by atoms with E-state index in [2.05, 4.69) is 67.5 Å². The maximum Gasteiger partial charge on any atom is 0.327 e. The van der Waals surface area contributed by atoms with E-state index in [4.69, 9.17) is 18.9 Å². The first kappa shape index (κ1) is 48.2. The largest absolute Gasteiger partial charge is 0.379 e. The molecule has 0 atom stereocenters. The summed E-state index contributed by atoms with van der Waals surface area (Å²) in [5.74, 6) is -0.475. The molecule has 5 N–H and O–H groups in total. The molecule has 0 spiro atoms. The molecular weight excluding hydrogens is 743 g/mol. The zero-order chi connectivity index (χ0) is 41.5. The fourth-order valence-corrected chi connectivity index (χ4v) is 7.97. The zero-order valence-electron chi connectivity index (χ0n) is 35.7. The summed E-state index contributed by atoms with van der Waals surface area (Å²) in [6.45, 7) is 19.2. The van der Waals surface area contributed by atoms with Crippen LogP contribution < -0.4 is 26.8 Å². The van der Waals surface area contributed by atoms with Crippen LogP contribution in [-0.4, -0.2) is 99.2 Å². The summed E-state index contributed by atoms with van der Waals surface area (Å²) in [5, 5.41) is 9.62. The summed E-state index contributed by atoms with van der Waals surface area (Å²) in [6, 6.07) is 11.6. The molecular formula is C44H71N5O7S. The van der Waals surface area contributed by atoms with Crippen LogP contribution in [0, 0.1) is 13.8 Å². The van der Waals surface area contributed by atoms with E-state index in [1.165, 1.54) is 43.9 Å². The highest BCUT2D eigenvalue weighted by Crippen LogP contribution is 2.29. The highest BCUT2D eigenvalue weighted by atomic mass is 32.2. The van der Waals surface area contributed by atoms with Crippen molar-refractivity contribution in [2.75, 3.05) is 75.1 Å². The monoisotopic (exact) mass is 814 g/mol. The molecule has 57 heavy (non-hydrogen) atoms. The van der Waals surface area contributed by atoms with Crippen molar-refractivity contribution in [1.82, 2.24) is 16.1 Å². The third kappa shape index (κ3) is 19.4. The number of aryl methyl sites for hydroxylation is 1. The fraction of sp³-hybridized carbons (Fsp3) is 0.659. The highest BCUT2D eigenvalue weighted by molar-refractivity contribution is 7.99. The molecule has 2 aromatic carbocycles. The van der Waals surface area contributed by atoms with Crippen LogP contribution in [0.2, 0.25) is 0 Å². The van der Waals surface area contributed by atoms with E-state index in [0.29, 0.717) is 69.9 Å². The molecule has 12 nitrogen and oxygen atoms in total. The van der Waals surface area contributed by atoms with Gasteiger partial charge in [0.1, 0.15) is 0 Å². The first-order chi connectivity index (χ1) is 27.3. The molecule has 0 aromatic heterocycles. The molecule has 3 rings (SSSR count). The van der Waals surface area contributed by atoms with Crippen LogP contribution >= 0.6 is 11.8 Å². The van der Waals surface area contributed by atoms with Gasteiger partial charge in [-0.3, -0.25) is 25.2 Å². The predicted octanol–water partition coefficient (Wildman–Crippen LogP) is 6.86. The number of hydrazine groups is 1. The Morgan fingerprint density at radius 3 is 2.00 bits per heavy atom. The minimum atomic E-state index is -0.749. The van der Waals surface area contributed by atoms with E-state index in [0.717, 1.165) is 53.8 Å². The summed E-state index contributed by atoms with van der Waals surface area (Å²) in [5.41, 5.74) is 10.6. The Bertz CT molecular complexity index is 1510. The van der Waals surface area contributed by atoms with Crippen LogP contribution in [0.5, 0.6) is 0 Å². The lowest BCUT2D eigenvalue weighted by Gasteiger charge is -2.46. The van der Waals surface area contributed by atoms with Gasteiger partial charge in [-0.15, -0.1) is 11.8 Å².